The highest BCUT2D eigenvalue weighted by Gasteiger charge is 2.12. The number of carbonyl (C=O) groups excluding carboxylic acids is 1. The van der Waals surface area contributed by atoms with Gasteiger partial charge in [-0.25, -0.2) is 9.82 Å². The number of nitriles is 1. The molecule has 0 aliphatic carbocycles. The third-order valence-corrected chi connectivity index (χ3v) is 3.93. The predicted octanol–water partition coefficient (Wildman–Crippen LogP) is 4.01. The summed E-state index contributed by atoms with van der Waals surface area (Å²) in [7, 11) is 0. The molecule has 0 bridgehead atoms. The van der Waals surface area contributed by atoms with Crippen LogP contribution in [0.1, 0.15) is 28.4 Å². The highest BCUT2D eigenvalue weighted by Crippen LogP contribution is 2.26. The van der Waals surface area contributed by atoms with E-state index in [1.165, 1.54) is 18.3 Å². The van der Waals surface area contributed by atoms with Crippen LogP contribution in [-0.4, -0.2) is 18.7 Å². The van der Waals surface area contributed by atoms with Crippen LogP contribution in [0.2, 0.25) is 0 Å². The van der Waals surface area contributed by atoms with Crippen LogP contribution in [0.25, 0.3) is 10.8 Å². The Morgan fingerprint density at radius 1 is 1.26 bits per heavy atom. The number of amides is 1. The molecule has 3 aromatic carbocycles. The summed E-state index contributed by atoms with van der Waals surface area (Å²) in [5, 5.41) is 14.6. The van der Waals surface area contributed by atoms with Gasteiger partial charge in [0.15, 0.2) is 0 Å². The Morgan fingerprint density at radius 2 is 2.07 bits per heavy atom. The Labute approximate surface area is 155 Å². The van der Waals surface area contributed by atoms with Gasteiger partial charge in [-0.1, -0.05) is 30.3 Å². The summed E-state index contributed by atoms with van der Waals surface area (Å²) in [5.74, 6) is -0.841. The van der Waals surface area contributed by atoms with Gasteiger partial charge in [0.2, 0.25) is 0 Å². The van der Waals surface area contributed by atoms with Crippen molar-refractivity contribution in [3.8, 4) is 11.8 Å². The number of nitrogens with one attached hydrogen (secondary N) is 1. The van der Waals surface area contributed by atoms with E-state index in [1.54, 1.807) is 0 Å². The molecule has 0 heterocycles. The lowest BCUT2D eigenvalue weighted by molar-refractivity contribution is 0.0951. The molecule has 0 aliphatic rings. The zero-order chi connectivity index (χ0) is 19.2. The molecule has 0 spiro atoms. The van der Waals surface area contributed by atoms with Crippen molar-refractivity contribution in [3.05, 3.63) is 77.1 Å². The fraction of sp³-hybridized carbons (Fsp3) is 0.0952. The van der Waals surface area contributed by atoms with Crippen molar-refractivity contribution in [2.75, 3.05) is 6.61 Å². The average molecular weight is 361 g/mol. The first kappa shape index (κ1) is 18.1. The maximum Gasteiger partial charge on any atom is 0.274 e. The smallest absolute Gasteiger partial charge is 0.274 e. The van der Waals surface area contributed by atoms with Crippen LogP contribution in [-0.2, 0) is 0 Å². The molecule has 0 aliphatic heterocycles. The lowest BCUT2D eigenvalue weighted by atomic mass is 10.0. The number of hydrazone groups is 1. The summed E-state index contributed by atoms with van der Waals surface area (Å²) in [5.41, 5.74) is 2.99. The molecule has 6 heteroatoms. The number of benzene rings is 3. The number of hydrogen-bond donors (Lipinski definition) is 1. The monoisotopic (exact) mass is 361 g/mol. The van der Waals surface area contributed by atoms with Gasteiger partial charge in [0.1, 0.15) is 11.6 Å². The quantitative estimate of drug-likeness (QED) is 0.551. The second kappa shape index (κ2) is 8.11. The van der Waals surface area contributed by atoms with Crippen LogP contribution in [0, 0.1) is 17.1 Å². The van der Waals surface area contributed by atoms with E-state index in [9.17, 15) is 9.18 Å². The number of rotatable bonds is 5. The summed E-state index contributed by atoms with van der Waals surface area (Å²) in [4.78, 5) is 12.2. The van der Waals surface area contributed by atoms with Gasteiger partial charge < -0.3 is 4.74 Å². The van der Waals surface area contributed by atoms with Crippen molar-refractivity contribution in [1.29, 1.82) is 5.26 Å². The van der Waals surface area contributed by atoms with E-state index >= 15 is 0 Å². The first-order chi connectivity index (χ1) is 13.1. The number of carbonyl (C=O) groups is 1. The maximum atomic E-state index is 13.9. The van der Waals surface area contributed by atoms with E-state index in [4.69, 9.17) is 10.00 Å². The van der Waals surface area contributed by atoms with E-state index in [0.29, 0.717) is 12.4 Å². The third-order valence-electron chi connectivity index (χ3n) is 3.93. The molecule has 0 saturated heterocycles. The lowest BCUT2D eigenvalue weighted by Gasteiger charge is -2.10. The molecule has 0 unspecified atom stereocenters. The van der Waals surface area contributed by atoms with Crippen molar-refractivity contribution < 1.29 is 13.9 Å². The van der Waals surface area contributed by atoms with E-state index in [-0.39, 0.29) is 11.1 Å². The number of nitrogens with zero attached hydrogens (tertiary/aromatic N) is 2. The van der Waals surface area contributed by atoms with E-state index in [2.05, 4.69) is 10.5 Å². The van der Waals surface area contributed by atoms with E-state index in [0.717, 1.165) is 22.4 Å². The van der Waals surface area contributed by atoms with Gasteiger partial charge in [-0.05, 0) is 42.0 Å². The minimum atomic E-state index is -0.776. The number of halogens is 1. The number of hydrogen-bond acceptors (Lipinski definition) is 4. The van der Waals surface area contributed by atoms with E-state index in [1.807, 2.05) is 49.4 Å². The van der Waals surface area contributed by atoms with Crippen LogP contribution in [0.3, 0.4) is 0 Å². The van der Waals surface area contributed by atoms with Crippen molar-refractivity contribution >= 4 is 22.9 Å². The first-order valence-corrected chi connectivity index (χ1v) is 8.31. The lowest BCUT2D eigenvalue weighted by Crippen LogP contribution is -2.19. The van der Waals surface area contributed by atoms with Gasteiger partial charge in [-0.2, -0.15) is 10.4 Å². The molecule has 1 amide bonds. The van der Waals surface area contributed by atoms with E-state index < -0.39 is 11.7 Å². The predicted molar refractivity (Wildman–Crippen MR) is 101 cm³/mol. The molecule has 0 saturated carbocycles. The molecule has 3 rings (SSSR count). The van der Waals surface area contributed by atoms with Gasteiger partial charge in [0.25, 0.3) is 5.91 Å². The molecule has 3 aromatic rings. The Kier molecular flexibility index (Phi) is 5.43. The highest BCUT2D eigenvalue weighted by atomic mass is 19.1. The molecule has 1 N–H and O–H groups in total. The van der Waals surface area contributed by atoms with Crippen molar-refractivity contribution in [3.63, 3.8) is 0 Å². The second-order valence-electron chi connectivity index (χ2n) is 5.64. The Balaban J connectivity index is 1.87. The molecular weight excluding hydrogens is 345 g/mol. The highest BCUT2D eigenvalue weighted by molar-refractivity contribution is 6.03. The Morgan fingerprint density at radius 3 is 2.81 bits per heavy atom. The first-order valence-electron chi connectivity index (χ1n) is 8.31. The zero-order valence-electron chi connectivity index (χ0n) is 14.6. The SMILES string of the molecule is CCOc1ccc2ccccc2c1/C=N\NC(=O)c1ccc(C#N)cc1F. The molecule has 134 valence electrons. The summed E-state index contributed by atoms with van der Waals surface area (Å²) in [6.07, 6.45) is 1.48. The zero-order valence-corrected chi connectivity index (χ0v) is 14.6. The topological polar surface area (TPSA) is 74.5 Å². The Hall–Kier alpha value is -3.72. The summed E-state index contributed by atoms with van der Waals surface area (Å²) >= 11 is 0. The summed E-state index contributed by atoms with van der Waals surface area (Å²) in [6, 6.07) is 17.0. The molecule has 5 nitrogen and oxygen atoms in total. The molecule has 27 heavy (non-hydrogen) atoms. The van der Waals surface area contributed by atoms with Crippen molar-refractivity contribution in [2.24, 2.45) is 5.10 Å². The molecule has 0 atom stereocenters. The van der Waals surface area contributed by atoms with Crippen molar-refractivity contribution in [1.82, 2.24) is 5.43 Å². The molecular formula is C21H16FN3O2. The molecule has 0 aromatic heterocycles. The maximum absolute atomic E-state index is 13.9. The fourth-order valence-corrected chi connectivity index (χ4v) is 2.67. The molecule has 0 fully saturated rings. The standard InChI is InChI=1S/C21H16FN3O2/c1-2-27-20-10-8-15-5-3-4-6-16(15)18(20)13-24-25-21(26)17-9-7-14(12-23)11-19(17)22/h3-11,13H,2H2,1H3,(H,25,26)/b24-13-. The number of fused-ring (bicyclic) bond motifs is 1. The number of ether oxygens (including phenoxy) is 1. The normalized spacial score (nSPS) is 10.7. The van der Waals surface area contributed by atoms with Crippen LogP contribution >= 0.6 is 0 Å². The summed E-state index contributed by atoms with van der Waals surface area (Å²) in [6.45, 7) is 2.37. The Bertz CT molecular complexity index is 1070. The van der Waals surface area contributed by atoms with Gasteiger partial charge in [0.05, 0.1) is 30.0 Å². The second-order valence-corrected chi connectivity index (χ2v) is 5.64. The average Bonchev–Trinajstić information content (AvgIpc) is 2.69. The van der Waals surface area contributed by atoms with Crippen molar-refractivity contribution in [2.45, 2.75) is 6.92 Å². The third kappa shape index (κ3) is 3.93. The van der Waals surface area contributed by atoms with Crippen LogP contribution in [0.4, 0.5) is 4.39 Å². The van der Waals surface area contributed by atoms with Gasteiger partial charge in [0, 0.05) is 5.56 Å². The minimum absolute atomic E-state index is 0.143. The van der Waals surface area contributed by atoms with Crippen LogP contribution in [0.15, 0.2) is 59.7 Å². The van der Waals surface area contributed by atoms with Crippen LogP contribution in [0.5, 0.6) is 5.75 Å². The fourth-order valence-electron chi connectivity index (χ4n) is 2.67. The largest absolute Gasteiger partial charge is 0.493 e. The van der Waals surface area contributed by atoms with Gasteiger partial charge in [-0.3, -0.25) is 4.79 Å². The summed E-state index contributed by atoms with van der Waals surface area (Å²) < 4.78 is 19.6. The van der Waals surface area contributed by atoms with Crippen LogP contribution < -0.4 is 10.2 Å². The van der Waals surface area contributed by atoms with Gasteiger partial charge in [-0.15, -0.1) is 0 Å². The molecule has 0 radical (unpaired) electrons. The van der Waals surface area contributed by atoms with Gasteiger partial charge >= 0.3 is 0 Å². The minimum Gasteiger partial charge on any atom is -0.493 e.